The van der Waals surface area contributed by atoms with Crippen LogP contribution in [0.15, 0.2) is 176 Å². The number of hydrogen-bond donors (Lipinski definition) is 0. The Balaban J connectivity index is 0.000000270. The molecular formula is C64H80. The Labute approximate surface area is 391 Å². The fourth-order valence-electron chi connectivity index (χ4n) is 9.56. The van der Waals surface area contributed by atoms with Crippen LogP contribution in [0.2, 0.25) is 0 Å². The van der Waals surface area contributed by atoms with E-state index in [2.05, 4.69) is 209 Å². The van der Waals surface area contributed by atoms with E-state index in [1.807, 2.05) is 52.0 Å². The van der Waals surface area contributed by atoms with Gasteiger partial charge in [-0.25, -0.2) is 0 Å². The van der Waals surface area contributed by atoms with Crippen molar-refractivity contribution in [2.45, 2.75) is 134 Å². The molecule has 8 rings (SSSR count). The zero-order valence-corrected chi connectivity index (χ0v) is 42.2. The SMILES string of the molecule is C=C/C=C\CC(C)(C)CC1CC=C(c2ccc(C3CC=C(C)C=C3C)c(C)c2)C=C1c1ccccc1C.CC.CC.Cc1ccc2c(c1)-c1ccccc1C2(C)C.Cc1ccccc1. The number of benzene rings is 5. The molecule has 5 aromatic carbocycles. The largest absolute Gasteiger partial charge is 0.0991 e. The summed E-state index contributed by atoms with van der Waals surface area (Å²) >= 11 is 0. The van der Waals surface area contributed by atoms with Gasteiger partial charge in [0.2, 0.25) is 0 Å². The van der Waals surface area contributed by atoms with Gasteiger partial charge in [-0.3, -0.25) is 0 Å². The van der Waals surface area contributed by atoms with Gasteiger partial charge in [-0.2, -0.15) is 0 Å². The van der Waals surface area contributed by atoms with E-state index in [0.29, 0.717) is 11.8 Å². The quantitative estimate of drug-likeness (QED) is 0.137. The molecule has 3 aliphatic rings. The molecule has 0 heterocycles. The van der Waals surface area contributed by atoms with Gasteiger partial charge in [-0.1, -0.05) is 242 Å². The first-order valence-electron chi connectivity index (χ1n) is 24.1. The first-order valence-corrected chi connectivity index (χ1v) is 24.1. The van der Waals surface area contributed by atoms with Crippen LogP contribution in [0.5, 0.6) is 0 Å². The van der Waals surface area contributed by atoms with Crippen LogP contribution < -0.4 is 0 Å². The van der Waals surface area contributed by atoms with Gasteiger partial charge in [0.15, 0.2) is 0 Å². The molecule has 2 unspecified atom stereocenters. The molecule has 336 valence electrons. The molecule has 3 aliphatic carbocycles. The van der Waals surface area contributed by atoms with Crippen molar-refractivity contribution < 1.29 is 0 Å². The van der Waals surface area contributed by atoms with E-state index in [1.165, 1.54) is 83.5 Å². The molecule has 0 radical (unpaired) electrons. The molecule has 0 saturated heterocycles. The van der Waals surface area contributed by atoms with E-state index in [0.717, 1.165) is 25.7 Å². The Kier molecular flexibility index (Phi) is 19.2. The van der Waals surface area contributed by atoms with Crippen LogP contribution in [0.3, 0.4) is 0 Å². The Morgan fingerprint density at radius 1 is 0.625 bits per heavy atom. The second-order valence-corrected chi connectivity index (χ2v) is 18.8. The van der Waals surface area contributed by atoms with Gasteiger partial charge in [0.1, 0.15) is 0 Å². The van der Waals surface area contributed by atoms with Crippen molar-refractivity contribution in [3.8, 4) is 11.1 Å². The average Bonchev–Trinajstić information content (AvgIpc) is 3.51. The van der Waals surface area contributed by atoms with Gasteiger partial charge in [-0.05, 0) is 140 Å². The monoisotopic (exact) mass is 849 g/mol. The summed E-state index contributed by atoms with van der Waals surface area (Å²) in [5.41, 5.74) is 21.4. The van der Waals surface area contributed by atoms with E-state index in [4.69, 9.17) is 0 Å². The van der Waals surface area contributed by atoms with Crippen molar-refractivity contribution in [1.29, 1.82) is 0 Å². The lowest BCUT2D eigenvalue weighted by molar-refractivity contribution is 0.300. The highest BCUT2D eigenvalue weighted by molar-refractivity contribution is 5.87. The molecule has 0 aromatic heterocycles. The standard InChI is InChI=1S/C37H44.C16H16.C7H8.2C2H6/c1-8-9-12-21-37(6,7)25-32-17-16-31(24-36(32)33-14-11-10-13-27(33)3)30-18-20-35(29(5)23-30)34-19-15-26(2)22-28(34)4;1-11-8-9-15-13(10-11)12-6-4-5-7-14(12)16(15,2)3;1-7-5-3-2-4-6-7;2*1-2/h8-16,18,20,22-24,32,34H,1,17,19,21,25H2,2-7H3;4-10H,1-3H3;2-6H,1H3;2*1-2H3/b12-9-;;;;. The minimum Gasteiger partial charge on any atom is -0.0991 e. The third-order valence-electron chi connectivity index (χ3n) is 12.9. The van der Waals surface area contributed by atoms with Gasteiger partial charge >= 0.3 is 0 Å². The maximum atomic E-state index is 3.83. The lowest BCUT2D eigenvalue weighted by Gasteiger charge is -2.33. The van der Waals surface area contributed by atoms with Crippen LogP contribution in [0.25, 0.3) is 22.3 Å². The molecule has 0 fully saturated rings. The molecule has 5 aromatic rings. The molecule has 0 spiro atoms. The summed E-state index contributed by atoms with van der Waals surface area (Å²) < 4.78 is 0. The van der Waals surface area contributed by atoms with E-state index < -0.39 is 0 Å². The molecule has 0 saturated carbocycles. The number of rotatable bonds is 8. The first-order chi connectivity index (χ1) is 30.7. The molecule has 2 atom stereocenters. The van der Waals surface area contributed by atoms with Gasteiger partial charge in [-0.15, -0.1) is 0 Å². The van der Waals surface area contributed by atoms with Crippen molar-refractivity contribution in [2.75, 3.05) is 0 Å². The topological polar surface area (TPSA) is 0 Å². The number of allylic oxidation sites excluding steroid dienone is 11. The first kappa shape index (κ1) is 51.2. The maximum absolute atomic E-state index is 3.83. The van der Waals surface area contributed by atoms with E-state index in [9.17, 15) is 0 Å². The third-order valence-corrected chi connectivity index (χ3v) is 12.9. The summed E-state index contributed by atoms with van der Waals surface area (Å²) in [6.07, 6.45) is 20.3. The summed E-state index contributed by atoms with van der Waals surface area (Å²) in [6.45, 7) is 34.5. The summed E-state index contributed by atoms with van der Waals surface area (Å²) in [6, 6.07) is 41.9. The Bertz CT molecular complexity index is 2450. The number of aryl methyl sites for hydroxylation is 4. The summed E-state index contributed by atoms with van der Waals surface area (Å²) in [7, 11) is 0. The van der Waals surface area contributed by atoms with Crippen molar-refractivity contribution in [3.63, 3.8) is 0 Å². The molecule has 0 amide bonds. The van der Waals surface area contributed by atoms with E-state index >= 15 is 0 Å². The molecule has 0 aliphatic heterocycles. The van der Waals surface area contributed by atoms with Crippen molar-refractivity contribution in [3.05, 3.63) is 226 Å². The van der Waals surface area contributed by atoms with Crippen LogP contribution in [0.4, 0.5) is 0 Å². The Hall–Kier alpha value is -5.46. The lowest BCUT2D eigenvalue weighted by Crippen LogP contribution is -2.19. The van der Waals surface area contributed by atoms with E-state index in [1.54, 1.807) is 0 Å². The third kappa shape index (κ3) is 13.1. The maximum Gasteiger partial charge on any atom is 0.0158 e. The van der Waals surface area contributed by atoms with Gasteiger partial charge in [0.05, 0.1) is 0 Å². The van der Waals surface area contributed by atoms with Crippen LogP contribution >= 0.6 is 0 Å². The number of fused-ring (bicyclic) bond motifs is 3. The number of hydrogen-bond acceptors (Lipinski definition) is 0. The fourth-order valence-corrected chi connectivity index (χ4v) is 9.56. The summed E-state index contributed by atoms with van der Waals surface area (Å²) in [5.74, 6) is 1.01. The van der Waals surface area contributed by atoms with Gasteiger partial charge < -0.3 is 0 Å². The van der Waals surface area contributed by atoms with Crippen LogP contribution in [0, 0.1) is 39.0 Å². The molecule has 0 nitrogen and oxygen atoms in total. The van der Waals surface area contributed by atoms with Crippen LogP contribution in [0.1, 0.15) is 151 Å². The second kappa shape index (κ2) is 24.0. The second-order valence-electron chi connectivity index (χ2n) is 18.8. The Morgan fingerprint density at radius 3 is 1.89 bits per heavy atom. The highest BCUT2D eigenvalue weighted by Gasteiger charge is 2.35. The van der Waals surface area contributed by atoms with Gasteiger partial charge in [0, 0.05) is 11.3 Å². The lowest BCUT2D eigenvalue weighted by atomic mass is 9.72. The van der Waals surface area contributed by atoms with Gasteiger partial charge in [0.25, 0.3) is 0 Å². The molecular weight excluding hydrogens is 769 g/mol. The van der Waals surface area contributed by atoms with Crippen LogP contribution in [-0.2, 0) is 5.41 Å². The summed E-state index contributed by atoms with van der Waals surface area (Å²) in [5, 5.41) is 0. The van der Waals surface area contributed by atoms with Crippen molar-refractivity contribution in [1.82, 2.24) is 0 Å². The predicted molar refractivity (Wildman–Crippen MR) is 286 cm³/mol. The smallest absolute Gasteiger partial charge is 0.0158 e. The normalized spacial score (nSPS) is 16.8. The van der Waals surface area contributed by atoms with Crippen LogP contribution in [-0.4, -0.2) is 0 Å². The molecule has 0 bridgehead atoms. The highest BCUT2D eigenvalue weighted by Crippen LogP contribution is 2.49. The molecule has 0 heteroatoms. The van der Waals surface area contributed by atoms with E-state index in [-0.39, 0.29) is 10.8 Å². The Morgan fingerprint density at radius 2 is 1.27 bits per heavy atom. The highest BCUT2D eigenvalue weighted by atomic mass is 14.4. The minimum absolute atomic E-state index is 0.152. The molecule has 64 heavy (non-hydrogen) atoms. The summed E-state index contributed by atoms with van der Waals surface area (Å²) in [4.78, 5) is 0. The molecule has 0 N–H and O–H groups in total. The van der Waals surface area contributed by atoms with Crippen molar-refractivity contribution in [2.24, 2.45) is 11.3 Å². The minimum atomic E-state index is 0.152. The zero-order chi connectivity index (χ0) is 47.0. The zero-order valence-electron chi connectivity index (χ0n) is 42.2. The average molecular weight is 849 g/mol. The fraction of sp³-hybridized carbons (Fsp3) is 0.344. The van der Waals surface area contributed by atoms with Crippen molar-refractivity contribution >= 4 is 11.1 Å². The predicted octanol–water partition coefficient (Wildman–Crippen LogP) is 19.1.